The number of halogens is 4. The van der Waals surface area contributed by atoms with Gasteiger partial charge in [-0.05, 0) is 47.2 Å². The van der Waals surface area contributed by atoms with Crippen LogP contribution in [0.15, 0.2) is 34.0 Å². The summed E-state index contributed by atoms with van der Waals surface area (Å²) in [6.45, 7) is 1.58. The third kappa shape index (κ3) is 2.79. The molecule has 2 aromatic rings. The molecule has 4 nitrogen and oxygen atoms in total. The lowest BCUT2D eigenvalue weighted by molar-refractivity contribution is -0.137. The molecule has 20 heavy (non-hydrogen) atoms. The third-order valence-electron chi connectivity index (χ3n) is 2.69. The van der Waals surface area contributed by atoms with E-state index in [-0.39, 0.29) is 9.26 Å². The van der Waals surface area contributed by atoms with E-state index in [4.69, 9.17) is 0 Å². The molecule has 0 aliphatic carbocycles. The number of hydrogen-bond acceptors (Lipinski definition) is 2. The van der Waals surface area contributed by atoms with Crippen LogP contribution in [0.2, 0.25) is 0 Å². The zero-order valence-electron chi connectivity index (χ0n) is 10.1. The van der Waals surface area contributed by atoms with Crippen molar-refractivity contribution >= 4 is 22.6 Å². The second-order valence-corrected chi connectivity index (χ2v) is 5.27. The Morgan fingerprint density at radius 2 is 1.90 bits per heavy atom. The summed E-state index contributed by atoms with van der Waals surface area (Å²) in [6.07, 6.45) is -3.29. The number of alkyl halides is 3. The molecule has 0 fully saturated rings. The van der Waals surface area contributed by atoms with Crippen molar-refractivity contribution in [3.05, 3.63) is 59.9 Å². The van der Waals surface area contributed by atoms with Gasteiger partial charge >= 0.3 is 11.9 Å². The summed E-state index contributed by atoms with van der Waals surface area (Å²) in [7, 11) is 0. The normalized spacial score (nSPS) is 11.7. The van der Waals surface area contributed by atoms with Gasteiger partial charge < -0.3 is 0 Å². The fraction of sp³-hybridized carbons (Fsp3) is 0.167. The average Bonchev–Trinajstić information content (AvgIpc) is 2.33. The van der Waals surface area contributed by atoms with Crippen molar-refractivity contribution in [3.63, 3.8) is 0 Å². The van der Waals surface area contributed by atoms with E-state index in [0.29, 0.717) is 5.56 Å². The summed E-state index contributed by atoms with van der Waals surface area (Å²) in [4.78, 5) is 25.1. The van der Waals surface area contributed by atoms with Gasteiger partial charge in [0.2, 0.25) is 0 Å². The van der Waals surface area contributed by atoms with Crippen LogP contribution in [0.25, 0.3) is 5.69 Å². The maximum atomic E-state index is 12.7. The van der Waals surface area contributed by atoms with Gasteiger partial charge in [0, 0.05) is 6.20 Å². The largest absolute Gasteiger partial charge is 0.416 e. The molecule has 1 aromatic heterocycles. The molecule has 8 heteroatoms. The Hall–Kier alpha value is -1.58. The zero-order valence-corrected chi connectivity index (χ0v) is 12.2. The van der Waals surface area contributed by atoms with E-state index in [1.165, 1.54) is 12.3 Å². The molecule has 0 saturated heterocycles. The lowest BCUT2D eigenvalue weighted by Crippen LogP contribution is -2.30. The van der Waals surface area contributed by atoms with Crippen LogP contribution in [-0.4, -0.2) is 9.55 Å². The second kappa shape index (κ2) is 5.08. The van der Waals surface area contributed by atoms with Gasteiger partial charge in [0.25, 0.3) is 5.56 Å². The van der Waals surface area contributed by atoms with Gasteiger partial charge in [0.1, 0.15) is 0 Å². The molecule has 0 saturated carbocycles. The van der Waals surface area contributed by atoms with Crippen molar-refractivity contribution in [1.82, 2.24) is 9.55 Å². The first kappa shape index (κ1) is 14.8. The van der Waals surface area contributed by atoms with E-state index in [1.54, 1.807) is 29.5 Å². The predicted octanol–water partition coefficient (Wildman–Crippen LogP) is 2.46. The minimum Gasteiger partial charge on any atom is -0.273 e. The number of nitrogens with one attached hydrogen (secondary N) is 1. The van der Waals surface area contributed by atoms with Crippen molar-refractivity contribution < 1.29 is 13.2 Å². The molecule has 0 atom stereocenters. The van der Waals surface area contributed by atoms with Gasteiger partial charge in [0.15, 0.2) is 0 Å². The SMILES string of the molecule is Cc1ccc(C(F)(F)F)cc1-n1cc(I)c(=O)[nH]c1=O. The van der Waals surface area contributed by atoms with E-state index < -0.39 is 23.0 Å². The summed E-state index contributed by atoms with van der Waals surface area (Å²) in [5.74, 6) is 0. The van der Waals surface area contributed by atoms with Crippen LogP contribution >= 0.6 is 22.6 Å². The van der Waals surface area contributed by atoms with Gasteiger partial charge in [-0.1, -0.05) is 6.07 Å². The first-order valence-electron chi connectivity index (χ1n) is 5.40. The molecule has 0 amide bonds. The Bertz CT molecular complexity index is 777. The zero-order chi connectivity index (χ0) is 15.1. The average molecular weight is 396 g/mol. The number of aromatic amines is 1. The minimum atomic E-state index is -4.50. The fourth-order valence-corrected chi connectivity index (χ4v) is 2.09. The van der Waals surface area contributed by atoms with E-state index in [0.717, 1.165) is 16.7 Å². The molecule has 106 valence electrons. The Morgan fingerprint density at radius 1 is 1.25 bits per heavy atom. The summed E-state index contributed by atoms with van der Waals surface area (Å²) in [6, 6.07) is 3.11. The van der Waals surface area contributed by atoms with Crippen molar-refractivity contribution in [3.8, 4) is 5.69 Å². The van der Waals surface area contributed by atoms with Crippen LogP contribution in [0.4, 0.5) is 13.2 Å². The van der Waals surface area contributed by atoms with Gasteiger partial charge in [-0.25, -0.2) is 4.79 Å². The Balaban J connectivity index is 2.73. The molecule has 0 aliphatic rings. The van der Waals surface area contributed by atoms with Crippen LogP contribution in [-0.2, 0) is 6.18 Å². The highest BCUT2D eigenvalue weighted by Gasteiger charge is 2.31. The highest BCUT2D eigenvalue weighted by Crippen LogP contribution is 2.31. The second-order valence-electron chi connectivity index (χ2n) is 4.11. The highest BCUT2D eigenvalue weighted by molar-refractivity contribution is 14.1. The van der Waals surface area contributed by atoms with Gasteiger partial charge in [-0.15, -0.1) is 0 Å². The summed E-state index contributed by atoms with van der Waals surface area (Å²) in [5.41, 5.74) is -1.64. The van der Waals surface area contributed by atoms with E-state index in [2.05, 4.69) is 4.98 Å². The molecule has 1 N–H and O–H groups in total. The lowest BCUT2D eigenvalue weighted by Gasteiger charge is -2.13. The summed E-state index contributed by atoms with van der Waals surface area (Å²) < 4.78 is 39.3. The molecule has 0 unspecified atom stereocenters. The quantitative estimate of drug-likeness (QED) is 0.754. The first-order chi connectivity index (χ1) is 9.20. The summed E-state index contributed by atoms with van der Waals surface area (Å²) >= 11 is 1.70. The number of H-pyrrole nitrogens is 1. The highest BCUT2D eigenvalue weighted by atomic mass is 127. The molecule has 0 radical (unpaired) electrons. The molecule has 0 bridgehead atoms. The van der Waals surface area contributed by atoms with Crippen LogP contribution in [0.5, 0.6) is 0 Å². The van der Waals surface area contributed by atoms with Crippen LogP contribution in [0, 0.1) is 10.5 Å². The van der Waals surface area contributed by atoms with Crippen molar-refractivity contribution in [2.45, 2.75) is 13.1 Å². The van der Waals surface area contributed by atoms with Crippen molar-refractivity contribution in [1.29, 1.82) is 0 Å². The monoisotopic (exact) mass is 396 g/mol. The number of benzene rings is 1. The predicted molar refractivity (Wildman–Crippen MR) is 75.1 cm³/mol. The molecule has 1 heterocycles. The number of aromatic nitrogens is 2. The number of rotatable bonds is 1. The van der Waals surface area contributed by atoms with Gasteiger partial charge in [0.05, 0.1) is 14.8 Å². The summed E-state index contributed by atoms with van der Waals surface area (Å²) in [5, 5.41) is 0. The van der Waals surface area contributed by atoms with E-state index >= 15 is 0 Å². The van der Waals surface area contributed by atoms with Gasteiger partial charge in [-0.3, -0.25) is 14.3 Å². The molecule has 2 rings (SSSR count). The standard InChI is InChI=1S/C12H8F3IN2O2/c1-6-2-3-7(12(13,14)15)4-9(6)18-5-8(16)10(19)17-11(18)20/h2-5H,1H3,(H,17,19,20). The van der Waals surface area contributed by atoms with Crippen molar-refractivity contribution in [2.75, 3.05) is 0 Å². The minimum absolute atomic E-state index is 0.0824. The van der Waals surface area contributed by atoms with E-state index in [1.807, 2.05) is 0 Å². The molecular weight excluding hydrogens is 388 g/mol. The topological polar surface area (TPSA) is 54.9 Å². The number of nitrogens with zero attached hydrogens (tertiary/aromatic N) is 1. The maximum Gasteiger partial charge on any atom is 0.416 e. The molecule has 0 spiro atoms. The number of aryl methyl sites for hydroxylation is 1. The first-order valence-corrected chi connectivity index (χ1v) is 6.48. The lowest BCUT2D eigenvalue weighted by atomic mass is 10.1. The maximum absolute atomic E-state index is 12.7. The van der Waals surface area contributed by atoms with Crippen molar-refractivity contribution in [2.24, 2.45) is 0 Å². The number of hydrogen-bond donors (Lipinski definition) is 1. The molecule has 0 aliphatic heterocycles. The Labute approximate surface area is 124 Å². The molecular formula is C12H8F3IN2O2. The smallest absolute Gasteiger partial charge is 0.273 e. The van der Waals surface area contributed by atoms with Crippen LogP contribution in [0.1, 0.15) is 11.1 Å². The fourth-order valence-electron chi connectivity index (χ4n) is 1.67. The van der Waals surface area contributed by atoms with Gasteiger partial charge in [-0.2, -0.15) is 13.2 Å². The van der Waals surface area contributed by atoms with Crippen LogP contribution in [0.3, 0.4) is 0 Å². The van der Waals surface area contributed by atoms with Crippen LogP contribution < -0.4 is 11.2 Å². The third-order valence-corrected chi connectivity index (χ3v) is 3.46. The Morgan fingerprint density at radius 3 is 2.50 bits per heavy atom. The molecule has 1 aromatic carbocycles. The van der Waals surface area contributed by atoms with E-state index in [9.17, 15) is 22.8 Å². The Kier molecular flexibility index (Phi) is 3.76.